The summed E-state index contributed by atoms with van der Waals surface area (Å²) in [6, 6.07) is 4.00. The highest BCUT2D eigenvalue weighted by molar-refractivity contribution is 5.93. The number of carbonyl (C=O) groups is 2. The minimum Gasteiger partial charge on any atom is -0.452 e. The van der Waals surface area contributed by atoms with Crippen LogP contribution in [0, 0.1) is 22.0 Å². The first-order chi connectivity index (χ1) is 11.8. The van der Waals surface area contributed by atoms with Crippen LogP contribution in [-0.4, -0.2) is 48.4 Å². The van der Waals surface area contributed by atoms with Crippen LogP contribution in [0.25, 0.3) is 0 Å². The molecule has 0 spiro atoms. The van der Waals surface area contributed by atoms with Gasteiger partial charge in [0.05, 0.1) is 10.5 Å². The Kier molecular flexibility index (Phi) is 5.95. The fourth-order valence-electron chi connectivity index (χ4n) is 3.19. The molecule has 0 radical (unpaired) electrons. The third-order valence-corrected chi connectivity index (χ3v) is 4.25. The van der Waals surface area contributed by atoms with E-state index in [1.165, 1.54) is 12.1 Å². The van der Waals surface area contributed by atoms with E-state index in [9.17, 15) is 19.7 Å². The number of nitro benzene ring substituents is 1. The van der Waals surface area contributed by atoms with Crippen molar-refractivity contribution in [3.63, 3.8) is 0 Å². The van der Waals surface area contributed by atoms with Crippen LogP contribution in [0.5, 0.6) is 0 Å². The highest BCUT2D eigenvalue weighted by Crippen LogP contribution is 2.25. The maximum absolute atomic E-state index is 12.2. The lowest BCUT2D eigenvalue weighted by molar-refractivity contribution is -0.384. The summed E-state index contributed by atoms with van der Waals surface area (Å²) in [4.78, 5) is 36.5. The van der Waals surface area contributed by atoms with E-state index in [2.05, 4.69) is 19.2 Å². The average molecular weight is 349 g/mol. The number of nitro groups is 1. The van der Waals surface area contributed by atoms with E-state index in [0.29, 0.717) is 30.6 Å². The third-order valence-electron chi connectivity index (χ3n) is 4.25. The predicted molar refractivity (Wildman–Crippen MR) is 92.5 cm³/mol. The molecule has 2 atom stereocenters. The van der Waals surface area contributed by atoms with Gasteiger partial charge < -0.3 is 15.0 Å². The van der Waals surface area contributed by atoms with E-state index in [-0.39, 0.29) is 23.8 Å². The second-order valence-corrected chi connectivity index (χ2v) is 6.56. The zero-order valence-electron chi connectivity index (χ0n) is 14.7. The van der Waals surface area contributed by atoms with Crippen LogP contribution in [0.4, 0.5) is 11.4 Å². The van der Waals surface area contributed by atoms with Gasteiger partial charge >= 0.3 is 5.97 Å². The van der Waals surface area contributed by atoms with Gasteiger partial charge in [-0.15, -0.1) is 0 Å². The number of likely N-dealkylation sites (tertiary alicyclic amines) is 1. The average Bonchev–Trinajstić information content (AvgIpc) is 2.57. The lowest BCUT2D eigenvalue weighted by atomic mass is 9.92. The van der Waals surface area contributed by atoms with Crippen molar-refractivity contribution in [2.24, 2.45) is 11.8 Å². The first kappa shape index (κ1) is 18.7. The van der Waals surface area contributed by atoms with E-state index in [4.69, 9.17) is 4.74 Å². The highest BCUT2D eigenvalue weighted by atomic mass is 16.6. The van der Waals surface area contributed by atoms with Crippen LogP contribution >= 0.6 is 0 Å². The minimum absolute atomic E-state index is 0.0406. The van der Waals surface area contributed by atoms with Crippen LogP contribution in [0.15, 0.2) is 18.2 Å². The molecular weight excluding hydrogens is 326 g/mol. The first-order valence-corrected chi connectivity index (χ1v) is 8.23. The summed E-state index contributed by atoms with van der Waals surface area (Å²) in [5.41, 5.74) is 0.120. The normalized spacial score (nSPS) is 20.0. The van der Waals surface area contributed by atoms with Crippen molar-refractivity contribution in [2.45, 2.75) is 20.3 Å². The molecule has 136 valence electrons. The molecule has 1 saturated heterocycles. The van der Waals surface area contributed by atoms with Gasteiger partial charge in [0.15, 0.2) is 6.61 Å². The molecule has 1 aliphatic heterocycles. The van der Waals surface area contributed by atoms with Gasteiger partial charge in [-0.25, -0.2) is 4.79 Å². The number of esters is 1. The summed E-state index contributed by atoms with van der Waals surface area (Å²) in [5.74, 6) is -0.161. The molecule has 0 aliphatic carbocycles. The van der Waals surface area contributed by atoms with Crippen molar-refractivity contribution in [1.29, 1.82) is 0 Å². The highest BCUT2D eigenvalue weighted by Gasteiger charge is 2.26. The summed E-state index contributed by atoms with van der Waals surface area (Å²) in [6.45, 7) is 5.13. The van der Waals surface area contributed by atoms with E-state index in [0.717, 1.165) is 12.5 Å². The Hall–Kier alpha value is -2.64. The fraction of sp³-hybridized carbons (Fsp3) is 0.529. The van der Waals surface area contributed by atoms with Crippen LogP contribution in [0.3, 0.4) is 0 Å². The number of ether oxygens (including phenoxy) is 1. The van der Waals surface area contributed by atoms with Gasteiger partial charge in [0.2, 0.25) is 0 Å². The Balaban J connectivity index is 1.99. The molecule has 1 amide bonds. The molecule has 1 heterocycles. The molecular formula is C17H23N3O5. The zero-order valence-corrected chi connectivity index (χ0v) is 14.7. The number of benzene rings is 1. The van der Waals surface area contributed by atoms with Crippen molar-refractivity contribution in [2.75, 3.05) is 32.1 Å². The summed E-state index contributed by atoms with van der Waals surface area (Å²) in [6.07, 6.45) is 1.07. The maximum atomic E-state index is 12.2. The molecule has 1 fully saturated rings. The molecule has 25 heavy (non-hydrogen) atoms. The Labute approximate surface area is 146 Å². The van der Waals surface area contributed by atoms with Crippen molar-refractivity contribution >= 4 is 23.3 Å². The maximum Gasteiger partial charge on any atom is 0.338 e. The van der Waals surface area contributed by atoms with Gasteiger partial charge in [0.1, 0.15) is 5.69 Å². The number of hydrogen-bond acceptors (Lipinski definition) is 6. The second-order valence-electron chi connectivity index (χ2n) is 6.56. The van der Waals surface area contributed by atoms with Crippen LogP contribution < -0.4 is 5.32 Å². The molecule has 2 rings (SSSR count). The van der Waals surface area contributed by atoms with Crippen molar-refractivity contribution < 1.29 is 19.2 Å². The predicted octanol–water partition coefficient (Wildman–Crippen LogP) is 2.30. The Bertz CT molecular complexity index is 666. The van der Waals surface area contributed by atoms with Gasteiger partial charge in [0, 0.05) is 26.2 Å². The van der Waals surface area contributed by atoms with Gasteiger partial charge in [-0.3, -0.25) is 14.9 Å². The fourth-order valence-corrected chi connectivity index (χ4v) is 3.19. The lowest BCUT2D eigenvalue weighted by Gasteiger charge is -2.34. The van der Waals surface area contributed by atoms with E-state index >= 15 is 0 Å². The van der Waals surface area contributed by atoms with Crippen molar-refractivity contribution in [1.82, 2.24) is 4.90 Å². The summed E-state index contributed by atoms with van der Waals surface area (Å²) >= 11 is 0. The topological polar surface area (TPSA) is 102 Å². The summed E-state index contributed by atoms with van der Waals surface area (Å²) in [5, 5.41) is 13.7. The van der Waals surface area contributed by atoms with Gasteiger partial charge in [-0.1, -0.05) is 13.8 Å². The quantitative estimate of drug-likeness (QED) is 0.497. The number of rotatable bonds is 5. The standard InChI is InChI=1S/C17H23N3O5/c1-11-6-12(2)9-19(8-11)16(21)10-25-17(22)13-4-5-14(18-3)15(7-13)20(23)24/h4-5,7,11-12,18H,6,8-10H2,1-3H3/t11-,12+. The zero-order chi connectivity index (χ0) is 18.6. The Morgan fingerprint density at radius 1 is 1.32 bits per heavy atom. The minimum atomic E-state index is -0.753. The number of amides is 1. The second kappa shape index (κ2) is 7.96. The molecule has 0 saturated carbocycles. The molecule has 8 heteroatoms. The summed E-state index contributed by atoms with van der Waals surface area (Å²) in [7, 11) is 1.56. The SMILES string of the molecule is CNc1ccc(C(=O)OCC(=O)N2C[C@H](C)C[C@H](C)C2)cc1[N+](=O)[O-]. The first-order valence-electron chi connectivity index (χ1n) is 8.23. The van der Waals surface area contributed by atoms with E-state index in [1.807, 2.05) is 0 Å². The third kappa shape index (κ3) is 4.68. The van der Waals surface area contributed by atoms with E-state index in [1.54, 1.807) is 11.9 Å². The van der Waals surface area contributed by atoms with Crippen LogP contribution in [0.2, 0.25) is 0 Å². The van der Waals surface area contributed by atoms with Crippen LogP contribution in [0.1, 0.15) is 30.6 Å². The number of nitrogens with one attached hydrogen (secondary N) is 1. The Morgan fingerprint density at radius 2 is 1.96 bits per heavy atom. The molecule has 1 aromatic rings. The number of nitrogens with zero attached hydrogens (tertiary/aromatic N) is 2. The van der Waals surface area contributed by atoms with Gasteiger partial charge in [-0.05, 0) is 30.4 Å². The van der Waals surface area contributed by atoms with Gasteiger partial charge in [-0.2, -0.15) is 0 Å². The molecule has 1 aliphatic rings. The van der Waals surface area contributed by atoms with Gasteiger partial charge in [0.25, 0.3) is 11.6 Å². The molecule has 8 nitrogen and oxygen atoms in total. The Morgan fingerprint density at radius 3 is 2.52 bits per heavy atom. The molecule has 0 unspecified atom stereocenters. The largest absolute Gasteiger partial charge is 0.452 e. The number of carbonyl (C=O) groups excluding carboxylic acids is 2. The molecule has 0 bridgehead atoms. The molecule has 0 aromatic heterocycles. The van der Waals surface area contributed by atoms with Crippen molar-refractivity contribution in [3.8, 4) is 0 Å². The van der Waals surface area contributed by atoms with Crippen molar-refractivity contribution in [3.05, 3.63) is 33.9 Å². The number of hydrogen-bond donors (Lipinski definition) is 1. The number of anilines is 1. The molecule has 1 aromatic carbocycles. The lowest BCUT2D eigenvalue weighted by Crippen LogP contribution is -2.44. The summed E-state index contributed by atoms with van der Waals surface area (Å²) < 4.78 is 5.05. The van der Waals surface area contributed by atoms with Crippen LogP contribution in [-0.2, 0) is 9.53 Å². The monoisotopic (exact) mass is 349 g/mol. The van der Waals surface area contributed by atoms with E-state index < -0.39 is 10.9 Å². The molecule has 1 N–H and O–H groups in total. The number of piperidine rings is 1. The smallest absolute Gasteiger partial charge is 0.338 e.